The highest BCUT2D eigenvalue weighted by atomic mass is 32.1. The topological polar surface area (TPSA) is 157 Å². The van der Waals surface area contributed by atoms with E-state index in [0.29, 0.717) is 17.9 Å². The van der Waals surface area contributed by atoms with Crippen LogP contribution in [0, 0.1) is 5.41 Å². The van der Waals surface area contributed by atoms with Crippen molar-refractivity contribution in [2.75, 3.05) is 26.2 Å². The predicted molar refractivity (Wildman–Crippen MR) is 166 cm³/mol. The first-order valence-corrected chi connectivity index (χ1v) is 17.1. The molecule has 3 aromatic rings. The molecule has 3 amide bonds. The van der Waals surface area contributed by atoms with Crippen molar-refractivity contribution in [3.05, 3.63) is 70.6 Å². The SMILES string of the molecule is CC(C)(C)[C@H](NC(=O)c1cc2cc(C(F)(F)P(=O)(O)O)ccc2s1)C(=O)N1C[C@@H](O)C[C@H]1C(=O)N1CCO[C@H](c2ccccc2)C1. The number of hydrogen-bond acceptors (Lipinski definition) is 7. The van der Waals surface area contributed by atoms with Gasteiger partial charge in [0.15, 0.2) is 0 Å². The molecule has 0 saturated carbocycles. The molecule has 0 bridgehead atoms. The van der Waals surface area contributed by atoms with Crippen molar-refractivity contribution in [2.24, 2.45) is 5.41 Å². The first-order valence-electron chi connectivity index (χ1n) is 14.7. The molecule has 15 heteroatoms. The zero-order valence-electron chi connectivity index (χ0n) is 25.4. The Morgan fingerprint density at radius 3 is 2.41 bits per heavy atom. The van der Waals surface area contributed by atoms with E-state index < -0.39 is 54.2 Å². The van der Waals surface area contributed by atoms with Gasteiger partial charge in [0.1, 0.15) is 18.2 Å². The van der Waals surface area contributed by atoms with Gasteiger partial charge in [0.25, 0.3) is 5.91 Å². The van der Waals surface area contributed by atoms with Crippen LogP contribution >= 0.6 is 18.9 Å². The second kappa shape index (κ2) is 12.7. The highest BCUT2D eigenvalue weighted by Crippen LogP contribution is 2.59. The molecule has 248 valence electrons. The Morgan fingerprint density at radius 2 is 1.76 bits per heavy atom. The smallest absolute Gasteiger partial charge is 0.391 e. The minimum Gasteiger partial charge on any atom is -0.391 e. The van der Waals surface area contributed by atoms with Gasteiger partial charge in [0, 0.05) is 29.8 Å². The highest BCUT2D eigenvalue weighted by molar-refractivity contribution is 7.52. The first kappa shape index (κ1) is 34.1. The maximum absolute atomic E-state index is 14.3. The Hall–Kier alpha value is -3.26. The molecule has 1 aromatic heterocycles. The Kier molecular flexibility index (Phi) is 9.44. The number of aliphatic hydroxyl groups excluding tert-OH is 1. The summed E-state index contributed by atoms with van der Waals surface area (Å²) in [5.74, 6) is -1.53. The average molecular weight is 680 g/mol. The molecule has 4 atom stereocenters. The molecular weight excluding hydrogens is 643 g/mol. The van der Waals surface area contributed by atoms with Crippen LogP contribution in [0.3, 0.4) is 0 Å². The first-order chi connectivity index (χ1) is 21.5. The maximum Gasteiger partial charge on any atom is 0.399 e. The minimum atomic E-state index is -5.79. The number of β-amino-alcohol motifs (C(OH)–C–C–N with tert-alkyl or cyclic N) is 1. The number of hydrogen-bond donors (Lipinski definition) is 4. The fourth-order valence-corrected chi connectivity index (χ4v) is 7.17. The van der Waals surface area contributed by atoms with Crippen LogP contribution in [-0.2, 0) is 24.6 Å². The Labute approximate surface area is 268 Å². The van der Waals surface area contributed by atoms with Crippen LogP contribution in [0.4, 0.5) is 8.78 Å². The van der Waals surface area contributed by atoms with Gasteiger partial charge < -0.3 is 34.7 Å². The summed E-state index contributed by atoms with van der Waals surface area (Å²) in [7, 11) is -5.79. The van der Waals surface area contributed by atoms with Crippen molar-refractivity contribution in [1.29, 1.82) is 0 Å². The number of fused-ring (bicyclic) bond motifs is 1. The second-order valence-electron chi connectivity index (χ2n) is 12.7. The molecule has 11 nitrogen and oxygen atoms in total. The summed E-state index contributed by atoms with van der Waals surface area (Å²) in [6.45, 7) is 6.05. The van der Waals surface area contributed by atoms with Gasteiger partial charge >= 0.3 is 13.3 Å². The Morgan fingerprint density at radius 1 is 1.07 bits per heavy atom. The van der Waals surface area contributed by atoms with E-state index in [-0.39, 0.29) is 41.8 Å². The van der Waals surface area contributed by atoms with Crippen molar-refractivity contribution < 1.29 is 47.4 Å². The van der Waals surface area contributed by atoms with Gasteiger partial charge in [-0.2, -0.15) is 8.78 Å². The van der Waals surface area contributed by atoms with E-state index >= 15 is 0 Å². The Balaban J connectivity index is 1.35. The monoisotopic (exact) mass is 679 g/mol. The van der Waals surface area contributed by atoms with E-state index in [1.807, 2.05) is 30.3 Å². The van der Waals surface area contributed by atoms with E-state index in [4.69, 9.17) is 14.5 Å². The van der Waals surface area contributed by atoms with Gasteiger partial charge in [-0.3, -0.25) is 18.9 Å². The number of ether oxygens (including phenoxy) is 1. The number of thiophene rings is 1. The second-order valence-corrected chi connectivity index (χ2v) is 15.4. The van der Waals surface area contributed by atoms with E-state index in [0.717, 1.165) is 29.0 Å². The van der Waals surface area contributed by atoms with Crippen LogP contribution in [0.2, 0.25) is 0 Å². The van der Waals surface area contributed by atoms with Gasteiger partial charge in [0.2, 0.25) is 11.8 Å². The lowest BCUT2D eigenvalue weighted by molar-refractivity contribution is -0.150. The molecule has 0 spiro atoms. The molecule has 4 N–H and O–H groups in total. The van der Waals surface area contributed by atoms with Crippen LogP contribution in [0.15, 0.2) is 54.6 Å². The molecule has 2 fully saturated rings. The van der Waals surface area contributed by atoms with Crippen molar-refractivity contribution in [3.63, 3.8) is 0 Å². The van der Waals surface area contributed by atoms with Crippen molar-refractivity contribution >= 4 is 46.7 Å². The molecule has 0 unspecified atom stereocenters. The predicted octanol–water partition coefficient (Wildman–Crippen LogP) is 3.83. The lowest BCUT2D eigenvalue weighted by atomic mass is 9.85. The number of morpholine rings is 1. The van der Waals surface area contributed by atoms with E-state index in [9.17, 15) is 32.8 Å². The van der Waals surface area contributed by atoms with E-state index in [1.165, 1.54) is 17.0 Å². The van der Waals surface area contributed by atoms with Crippen LogP contribution in [-0.4, -0.2) is 86.8 Å². The summed E-state index contributed by atoms with van der Waals surface area (Å²) in [6, 6.07) is 11.8. The summed E-state index contributed by atoms with van der Waals surface area (Å²) in [5.41, 5.74) is -5.21. The fourth-order valence-electron chi connectivity index (χ4n) is 5.75. The normalized spacial score (nSPS) is 21.8. The molecule has 5 rings (SSSR count). The molecule has 0 aliphatic carbocycles. The van der Waals surface area contributed by atoms with Crippen LogP contribution in [0.25, 0.3) is 10.1 Å². The molecule has 46 heavy (non-hydrogen) atoms. The lowest BCUT2D eigenvalue weighted by Crippen LogP contribution is -2.58. The van der Waals surface area contributed by atoms with E-state index in [1.54, 1.807) is 25.7 Å². The number of nitrogens with zero attached hydrogens (tertiary/aromatic N) is 2. The van der Waals surface area contributed by atoms with Crippen LogP contribution in [0.5, 0.6) is 0 Å². The summed E-state index contributed by atoms with van der Waals surface area (Å²) < 4.78 is 46.2. The standard InChI is InChI=1S/C31H36F2N3O8PS/c1-30(2,3)26(34-27(38)25-14-19-13-20(9-10-24(19)46-25)31(32,33)45(41,42)43)29(40)36-16-21(37)15-22(36)28(39)35-11-12-44-23(17-35)18-7-5-4-6-8-18/h4-10,13-14,21-23,26,37H,11-12,15-17H2,1-3H3,(H,34,38)(H2,41,42,43)/t21-,22-,23-,26+/m0/s1. The zero-order chi connectivity index (χ0) is 33.6. The molecule has 0 radical (unpaired) electrons. The van der Waals surface area contributed by atoms with Crippen LogP contribution in [0.1, 0.15) is 54.1 Å². The molecule has 2 saturated heterocycles. The number of benzene rings is 2. The van der Waals surface area contributed by atoms with Gasteiger partial charge in [-0.1, -0.05) is 57.2 Å². The third-order valence-corrected chi connectivity index (χ3v) is 10.3. The summed E-state index contributed by atoms with van der Waals surface area (Å²) in [5, 5.41) is 13.5. The van der Waals surface area contributed by atoms with Crippen molar-refractivity contribution in [3.8, 4) is 0 Å². The average Bonchev–Trinajstić information content (AvgIpc) is 3.61. The summed E-state index contributed by atoms with van der Waals surface area (Å²) >= 11 is 0.963. The van der Waals surface area contributed by atoms with Gasteiger partial charge in [0.05, 0.1) is 24.1 Å². The van der Waals surface area contributed by atoms with E-state index in [2.05, 4.69) is 5.32 Å². The summed E-state index contributed by atoms with van der Waals surface area (Å²) in [4.78, 5) is 62.5. The maximum atomic E-state index is 14.3. The third kappa shape index (κ3) is 6.87. The number of nitrogens with one attached hydrogen (secondary N) is 1. The number of amides is 3. The number of halogens is 2. The van der Waals surface area contributed by atoms with Crippen LogP contribution < -0.4 is 5.32 Å². The lowest BCUT2D eigenvalue weighted by Gasteiger charge is -2.38. The Bertz CT molecular complexity index is 1670. The quantitative estimate of drug-likeness (QED) is 0.275. The third-order valence-electron chi connectivity index (χ3n) is 8.24. The largest absolute Gasteiger partial charge is 0.399 e. The number of alkyl halides is 2. The minimum absolute atomic E-state index is 0.0423. The number of rotatable bonds is 7. The molecule has 2 aromatic carbocycles. The number of carbonyl (C=O) groups excluding carboxylic acids is 3. The van der Waals surface area contributed by atoms with Gasteiger partial charge in [-0.25, -0.2) is 0 Å². The van der Waals surface area contributed by atoms with Crippen molar-refractivity contribution in [2.45, 2.75) is 57.1 Å². The number of carbonyl (C=O) groups is 3. The molecule has 2 aliphatic heterocycles. The fraction of sp³-hybridized carbons (Fsp3) is 0.452. The summed E-state index contributed by atoms with van der Waals surface area (Å²) in [6.07, 6.45) is -1.24. The van der Waals surface area contributed by atoms with Gasteiger partial charge in [-0.05, 0) is 34.6 Å². The van der Waals surface area contributed by atoms with Crippen molar-refractivity contribution in [1.82, 2.24) is 15.1 Å². The molecule has 3 heterocycles. The number of aliphatic hydroxyl groups is 1. The highest BCUT2D eigenvalue weighted by Gasteiger charge is 2.50. The molecular formula is C31H36F2N3O8PS. The van der Waals surface area contributed by atoms with Gasteiger partial charge in [-0.15, -0.1) is 11.3 Å². The number of likely N-dealkylation sites (tertiary alicyclic amines) is 1. The zero-order valence-corrected chi connectivity index (χ0v) is 27.1. The molecule has 2 aliphatic rings.